The number of aliphatic carboxylic acids is 1. The molecule has 6 heteroatoms. The zero-order valence-electron chi connectivity index (χ0n) is 7.90. The van der Waals surface area contributed by atoms with Crippen LogP contribution in [0.5, 0.6) is 0 Å². The first-order valence-corrected chi connectivity index (χ1v) is 4.60. The van der Waals surface area contributed by atoms with Gasteiger partial charge in [0.05, 0.1) is 5.92 Å². The molecule has 0 spiro atoms. The van der Waals surface area contributed by atoms with Crippen molar-refractivity contribution in [2.45, 2.75) is 6.42 Å². The number of carbonyl (C=O) groups is 2. The number of hydrogen-bond acceptors (Lipinski definition) is 3. The summed E-state index contributed by atoms with van der Waals surface area (Å²) in [5.74, 6) is -1.25. The molecule has 1 aliphatic rings. The summed E-state index contributed by atoms with van der Waals surface area (Å²) in [4.78, 5) is 23.5. The molecular weight excluding hydrogens is 186 g/mol. The van der Waals surface area contributed by atoms with Gasteiger partial charge in [-0.3, -0.25) is 4.79 Å². The van der Waals surface area contributed by atoms with Crippen molar-refractivity contribution in [3.05, 3.63) is 0 Å². The second kappa shape index (κ2) is 4.80. The lowest BCUT2D eigenvalue weighted by Gasteiger charge is -2.16. The summed E-state index contributed by atoms with van der Waals surface area (Å²) < 4.78 is 0. The summed E-state index contributed by atoms with van der Waals surface area (Å²) in [5, 5.41) is 11.3. The van der Waals surface area contributed by atoms with Gasteiger partial charge in [0, 0.05) is 26.2 Å². The molecule has 1 rings (SSSR count). The Labute approximate surface area is 82.1 Å². The van der Waals surface area contributed by atoms with Crippen LogP contribution < -0.4 is 11.1 Å². The SMILES string of the molecule is NCCNC(=O)N1CCC(C(=O)O)C1. The van der Waals surface area contributed by atoms with Crippen LogP contribution in [0.1, 0.15) is 6.42 Å². The topological polar surface area (TPSA) is 95.7 Å². The molecule has 0 aromatic carbocycles. The van der Waals surface area contributed by atoms with E-state index in [1.54, 1.807) is 0 Å². The third kappa shape index (κ3) is 2.59. The monoisotopic (exact) mass is 201 g/mol. The predicted octanol–water partition coefficient (Wildman–Crippen LogP) is -0.939. The number of carbonyl (C=O) groups excluding carboxylic acids is 1. The largest absolute Gasteiger partial charge is 0.481 e. The Kier molecular flexibility index (Phi) is 3.70. The second-order valence-corrected chi connectivity index (χ2v) is 3.29. The molecule has 2 amide bonds. The van der Waals surface area contributed by atoms with Gasteiger partial charge in [-0.2, -0.15) is 0 Å². The quantitative estimate of drug-likeness (QED) is 0.549. The van der Waals surface area contributed by atoms with Gasteiger partial charge in [-0.25, -0.2) is 4.79 Å². The standard InChI is InChI=1S/C8H15N3O3/c9-2-3-10-8(14)11-4-1-6(5-11)7(12)13/h6H,1-5,9H2,(H,10,14)(H,12,13). The molecule has 6 nitrogen and oxygen atoms in total. The molecule has 4 N–H and O–H groups in total. The van der Waals surface area contributed by atoms with Crippen LogP contribution in [0, 0.1) is 5.92 Å². The zero-order chi connectivity index (χ0) is 10.6. The zero-order valence-corrected chi connectivity index (χ0v) is 7.90. The number of nitrogens with zero attached hydrogens (tertiary/aromatic N) is 1. The van der Waals surface area contributed by atoms with Crippen LogP contribution in [-0.4, -0.2) is 48.2 Å². The van der Waals surface area contributed by atoms with Gasteiger partial charge in [0.25, 0.3) is 0 Å². The van der Waals surface area contributed by atoms with Crippen molar-refractivity contribution >= 4 is 12.0 Å². The maximum Gasteiger partial charge on any atom is 0.317 e. The van der Waals surface area contributed by atoms with E-state index >= 15 is 0 Å². The van der Waals surface area contributed by atoms with Crippen LogP contribution in [0.3, 0.4) is 0 Å². The van der Waals surface area contributed by atoms with Gasteiger partial charge in [0.1, 0.15) is 0 Å². The summed E-state index contributed by atoms with van der Waals surface area (Å²) in [5.41, 5.74) is 5.22. The highest BCUT2D eigenvalue weighted by Gasteiger charge is 2.30. The van der Waals surface area contributed by atoms with Crippen molar-refractivity contribution in [1.29, 1.82) is 0 Å². The predicted molar refractivity (Wildman–Crippen MR) is 49.8 cm³/mol. The fraction of sp³-hybridized carbons (Fsp3) is 0.750. The number of carboxylic acid groups (broad SMARTS) is 1. The summed E-state index contributed by atoms with van der Waals surface area (Å²) in [7, 11) is 0. The van der Waals surface area contributed by atoms with Crippen LogP contribution in [0.2, 0.25) is 0 Å². The molecule has 1 heterocycles. The number of nitrogens with two attached hydrogens (primary N) is 1. The Morgan fingerprint density at radius 1 is 1.57 bits per heavy atom. The van der Waals surface area contributed by atoms with Crippen LogP contribution in [0.25, 0.3) is 0 Å². The number of hydrogen-bond donors (Lipinski definition) is 3. The smallest absolute Gasteiger partial charge is 0.317 e. The van der Waals surface area contributed by atoms with E-state index in [0.717, 1.165) is 0 Å². The van der Waals surface area contributed by atoms with Crippen LogP contribution in [0.15, 0.2) is 0 Å². The Bertz CT molecular complexity index is 232. The third-order valence-electron chi connectivity index (χ3n) is 2.25. The average molecular weight is 201 g/mol. The van der Waals surface area contributed by atoms with Crippen molar-refractivity contribution in [3.8, 4) is 0 Å². The van der Waals surface area contributed by atoms with Gasteiger partial charge in [-0.1, -0.05) is 0 Å². The van der Waals surface area contributed by atoms with Crippen molar-refractivity contribution in [2.24, 2.45) is 11.7 Å². The maximum atomic E-state index is 11.3. The van der Waals surface area contributed by atoms with Crippen molar-refractivity contribution < 1.29 is 14.7 Å². The first-order chi connectivity index (χ1) is 6.65. The van der Waals surface area contributed by atoms with E-state index in [1.165, 1.54) is 4.90 Å². The number of urea groups is 1. The molecule has 14 heavy (non-hydrogen) atoms. The van der Waals surface area contributed by atoms with Crippen molar-refractivity contribution in [3.63, 3.8) is 0 Å². The molecule has 1 unspecified atom stereocenters. The molecule has 1 saturated heterocycles. The highest BCUT2D eigenvalue weighted by atomic mass is 16.4. The molecule has 0 saturated carbocycles. The Morgan fingerprint density at radius 3 is 2.79 bits per heavy atom. The van der Waals surface area contributed by atoms with Crippen molar-refractivity contribution in [2.75, 3.05) is 26.2 Å². The second-order valence-electron chi connectivity index (χ2n) is 3.29. The van der Waals surface area contributed by atoms with E-state index in [4.69, 9.17) is 10.8 Å². The minimum Gasteiger partial charge on any atom is -0.481 e. The van der Waals surface area contributed by atoms with E-state index in [2.05, 4.69) is 5.32 Å². The molecule has 0 aromatic rings. The van der Waals surface area contributed by atoms with Gasteiger partial charge in [0.15, 0.2) is 0 Å². The lowest BCUT2D eigenvalue weighted by molar-refractivity contribution is -0.141. The first kappa shape index (κ1) is 10.8. The fourth-order valence-electron chi connectivity index (χ4n) is 1.44. The van der Waals surface area contributed by atoms with E-state index in [0.29, 0.717) is 32.6 Å². The van der Waals surface area contributed by atoms with Crippen LogP contribution >= 0.6 is 0 Å². The Morgan fingerprint density at radius 2 is 2.29 bits per heavy atom. The lowest BCUT2D eigenvalue weighted by Crippen LogP contribution is -2.40. The van der Waals surface area contributed by atoms with Crippen LogP contribution in [-0.2, 0) is 4.79 Å². The van der Waals surface area contributed by atoms with Gasteiger partial charge in [0.2, 0.25) is 0 Å². The average Bonchev–Trinajstić information content (AvgIpc) is 2.62. The minimum absolute atomic E-state index is 0.223. The normalized spacial score (nSPS) is 20.9. The molecule has 0 bridgehead atoms. The minimum atomic E-state index is -0.834. The fourth-order valence-corrected chi connectivity index (χ4v) is 1.44. The highest BCUT2D eigenvalue weighted by molar-refractivity contribution is 5.77. The molecule has 0 radical (unpaired) electrons. The first-order valence-electron chi connectivity index (χ1n) is 4.60. The van der Waals surface area contributed by atoms with Gasteiger partial charge in [-0.05, 0) is 6.42 Å². The molecule has 0 aromatic heterocycles. The number of rotatable bonds is 3. The summed E-state index contributed by atoms with van der Waals surface area (Å²) >= 11 is 0. The van der Waals surface area contributed by atoms with Gasteiger partial charge < -0.3 is 21.1 Å². The molecule has 1 aliphatic heterocycles. The Balaban J connectivity index is 2.34. The highest BCUT2D eigenvalue weighted by Crippen LogP contribution is 2.15. The Hall–Kier alpha value is -1.30. The van der Waals surface area contributed by atoms with Crippen LogP contribution in [0.4, 0.5) is 4.79 Å². The van der Waals surface area contributed by atoms with E-state index < -0.39 is 11.9 Å². The number of likely N-dealkylation sites (tertiary alicyclic amines) is 1. The van der Waals surface area contributed by atoms with E-state index in [9.17, 15) is 9.59 Å². The molecule has 80 valence electrons. The molecular formula is C8H15N3O3. The number of nitrogens with one attached hydrogen (secondary N) is 1. The van der Waals surface area contributed by atoms with Gasteiger partial charge >= 0.3 is 12.0 Å². The number of carboxylic acids is 1. The molecule has 0 aliphatic carbocycles. The van der Waals surface area contributed by atoms with Gasteiger partial charge in [-0.15, -0.1) is 0 Å². The lowest BCUT2D eigenvalue weighted by atomic mass is 10.1. The van der Waals surface area contributed by atoms with E-state index in [1.807, 2.05) is 0 Å². The molecule has 1 atom stereocenters. The summed E-state index contributed by atoms with van der Waals surface area (Å²) in [6.07, 6.45) is 0.533. The maximum absolute atomic E-state index is 11.3. The third-order valence-corrected chi connectivity index (χ3v) is 2.25. The molecule has 1 fully saturated rings. The summed E-state index contributed by atoms with van der Waals surface area (Å²) in [6.45, 7) is 1.62. The van der Waals surface area contributed by atoms with E-state index in [-0.39, 0.29) is 6.03 Å². The summed E-state index contributed by atoms with van der Waals surface area (Å²) in [6, 6.07) is -0.223. The number of amides is 2. The van der Waals surface area contributed by atoms with Crippen molar-refractivity contribution in [1.82, 2.24) is 10.2 Å².